The smallest absolute Gasteiger partial charge is 0.274 e. The lowest BCUT2D eigenvalue weighted by Gasteiger charge is -2.38. The van der Waals surface area contributed by atoms with Crippen molar-refractivity contribution in [1.82, 2.24) is 19.7 Å². The Balaban J connectivity index is 1.28. The van der Waals surface area contributed by atoms with E-state index in [4.69, 9.17) is 9.47 Å². The third kappa shape index (κ3) is 3.64. The molecule has 7 heteroatoms. The van der Waals surface area contributed by atoms with Gasteiger partial charge in [0, 0.05) is 45.1 Å². The van der Waals surface area contributed by atoms with Crippen LogP contribution in [0, 0.1) is 0 Å². The lowest BCUT2D eigenvalue weighted by atomic mass is 9.88. The summed E-state index contributed by atoms with van der Waals surface area (Å²) in [5, 5.41) is 4.21. The standard InChI is InChI=1S/C19H24N4O3/c1-22-9-4-17(21-22)18(24)23-10-5-19(6-11-23)12-16(14-26-19)25-13-15-2-7-20-8-3-15/h2-4,7-9,16H,5-6,10-14H2,1H3/t16-/m0/s1. The normalized spacial score (nSPS) is 22.0. The number of pyridine rings is 1. The Labute approximate surface area is 152 Å². The molecule has 2 aromatic heterocycles. The van der Waals surface area contributed by atoms with Gasteiger partial charge in [-0.3, -0.25) is 14.5 Å². The molecule has 0 saturated carbocycles. The summed E-state index contributed by atoms with van der Waals surface area (Å²) in [6.07, 6.45) is 8.05. The minimum atomic E-state index is -0.149. The van der Waals surface area contributed by atoms with Gasteiger partial charge >= 0.3 is 0 Å². The molecule has 0 bridgehead atoms. The molecule has 2 aromatic rings. The lowest BCUT2D eigenvalue weighted by molar-refractivity contribution is -0.0413. The Morgan fingerprint density at radius 3 is 2.77 bits per heavy atom. The van der Waals surface area contributed by atoms with Crippen molar-refractivity contribution in [1.29, 1.82) is 0 Å². The maximum atomic E-state index is 12.5. The van der Waals surface area contributed by atoms with E-state index in [1.165, 1.54) is 0 Å². The number of nitrogens with zero attached hydrogens (tertiary/aromatic N) is 4. The third-order valence-electron chi connectivity index (χ3n) is 5.30. The zero-order chi connectivity index (χ0) is 18.0. The Bertz CT molecular complexity index is 753. The maximum absolute atomic E-state index is 12.5. The van der Waals surface area contributed by atoms with Gasteiger partial charge in [-0.2, -0.15) is 5.10 Å². The number of carbonyl (C=O) groups excluding carboxylic acids is 1. The van der Waals surface area contributed by atoms with Gasteiger partial charge in [0.15, 0.2) is 0 Å². The van der Waals surface area contributed by atoms with Crippen LogP contribution in [-0.2, 0) is 23.1 Å². The first-order valence-corrected chi connectivity index (χ1v) is 9.07. The second-order valence-electron chi connectivity index (χ2n) is 7.15. The molecule has 26 heavy (non-hydrogen) atoms. The van der Waals surface area contributed by atoms with E-state index in [1.807, 2.05) is 24.1 Å². The van der Waals surface area contributed by atoms with Gasteiger partial charge < -0.3 is 14.4 Å². The second kappa shape index (κ2) is 7.17. The lowest BCUT2D eigenvalue weighted by Crippen LogP contribution is -2.46. The van der Waals surface area contributed by atoms with Gasteiger partial charge in [-0.05, 0) is 36.6 Å². The number of aryl methyl sites for hydroxylation is 1. The minimum absolute atomic E-state index is 0.00364. The molecular formula is C19H24N4O3. The maximum Gasteiger partial charge on any atom is 0.274 e. The van der Waals surface area contributed by atoms with E-state index in [0.29, 0.717) is 32.0 Å². The fourth-order valence-corrected chi connectivity index (χ4v) is 3.76. The molecule has 0 aromatic carbocycles. The van der Waals surface area contributed by atoms with Crippen molar-refractivity contribution in [2.75, 3.05) is 19.7 Å². The number of hydrogen-bond donors (Lipinski definition) is 0. The summed E-state index contributed by atoms with van der Waals surface area (Å²) in [4.78, 5) is 18.4. The average Bonchev–Trinajstić information content (AvgIpc) is 3.28. The first-order chi connectivity index (χ1) is 12.6. The summed E-state index contributed by atoms with van der Waals surface area (Å²) in [7, 11) is 1.82. The zero-order valence-corrected chi connectivity index (χ0v) is 15.0. The van der Waals surface area contributed by atoms with E-state index < -0.39 is 0 Å². The Morgan fingerprint density at radius 1 is 1.31 bits per heavy atom. The van der Waals surface area contributed by atoms with Crippen molar-refractivity contribution in [3.8, 4) is 0 Å². The summed E-state index contributed by atoms with van der Waals surface area (Å²) >= 11 is 0. The fraction of sp³-hybridized carbons (Fsp3) is 0.526. The molecule has 2 fully saturated rings. The van der Waals surface area contributed by atoms with Crippen molar-refractivity contribution in [2.24, 2.45) is 7.05 Å². The van der Waals surface area contributed by atoms with Gasteiger partial charge in [0.1, 0.15) is 5.69 Å². The van der Waals surface area contributed by atoms with Crippen LogP contribution in [0.5, 0.6) is 0 Å². The van der Waals surface area contributed by atoms with Gasteiger partial charge in [-0.15, -0.1) is 0 Å². The number of ether oxygens (including phenoxy) is 2. The number of rotatable bonds is 4. The Hall–Kier alpha value is -2.25. The molecule has 138 valence electrons. The summed E-state index contributed by atoms with van der Waals surface area (Å²) in [6.45, 7) is 2.61. The van der Waals surface area contributed by atoms with Gasteiger partial charge in [0.25, 0.3) is 5.91 Å². The Kier molecular flexibility index (Phi) is 4.74. The van der Waals surface area contributed by atoms with Crippen LogP contribution in [0.4, 0.5) is 0 Å². The highest BCUT2D eigenvalue weighted by atomic mass is 16.6. The van der Waals surface area contributed by atoms with Crippen LogP contribution in [0.2, 0.25) is 0 Å². The molecule has 0 radical (unpaired) electrons. The van der Waals surface area contributed by atoms with Crippen molar-refractivity contribution < 1.29 is 14.3 Å². The summed E-state index contributed by atoms with van der Waals surface area (Å²) in [5.41, 5.74) is 1.48. The SMILES string of the molecule is Cn1ccc(C(=O)N2CCC3(CC2)C[C@H](OCc2ccncc2)CO3)n1. The van der Waals surface area contributed by atoms with Crippen molar-refractivity contribution in [3.05, 3.63) is 48.0 Å². The average molecular weight is 356 g/mol. The van der Waals surface area contributed by atoms with E-state index in [1.54, 1.807) is 29.3 Å². The number of aromatic nitrogens is 3. The number of likely N-dealkylation sites (tertiary alicyclic amines) is 1. The fourth-order valence-electron chi connectivity index (χ4n) is 3.76. The van der Waals surface area contributed by atoms with Crippen LogP contribution >= 0.6 is 0 Å². The van der Waals surface area contributed by atoms with Crippen molar-refractivity contribution in [2.45, 2.75) is 37.6 Å². The first kappa shape index (κ1) is 17.2. The van der Waals surface area contributed by atoms with Gasteiger partial charge in [0.05, 0.1) is 24.9 Å². The molecule has 7 nitrogen and oxygen atoms in total. The highest BCUT2D eigenvalue weighted by Crippen LogP contribution is 2.37. The van der Waals surface area contributed by atoms with Crippen LogP contribution in [0.15, 0.2) is 36.8 Å². The molecule has 1 atom stereocenters. The number of hydrogen-bond acceptors (Lipinski definition) is 5. The topological polar surface area (TPSA) is 69.5 Å². The summed E-state index contributed by atoms with van der Waals surface area (Å²) in [6, 6.07) is 5.70. The molecule has 4 heterocycles. The van der Waals surface area contributed by atoms with E-state index in [2.05, 4.69) is 10.1 Å². The molecule has 1 spiro atoms. The second-order valence-corrected chi connectivity index (χ2v) is 7.15. The Morgan fingerprint density at radius 2 is 2.08 bits per heavy atom. The predicted molar refractivity (Wildman–Crippen MR) is 94.5 cm³/mol. The zero-order valence-electron chi connectivity index (χ0n) is 15.0. The molecule has 0 unspecified atom stereocenters. The van der Waals surface area contributed by atoms with E-state index in [0.717, 1.165) is 24.8 Å². The molecule has 2 aliphatic heterocycles. The molecule has 4 rings (SSSR count). The van der Waals surface area contributed by atoms with Gasteiger partial charge in [-0.1, -0.05) is 0 Å². The largest absolute Gasteiger partial charge is 0.372 e. The molecule has 2 saturated heterocycles. The van der Waals surface area contributed by atoms with Crippen molar-refractivity contribution in [3.63, 3.8) is 0 Å². The van der Waals surface area contributed by atoms with Gasteiger partial charge in [0.2, 0.25) is 0 Å². The van der Waals surface area contributed by atoms with Crippen LogP contribution in [0.1, 0.15) is 35.3 Å². The third-order valence-corrected chi connectivity index (χ3v) is 5.30. The summed E-state index contributed by atoms with van der Waals surface area (Å²) in [5.74, 6) is 0.00364. The molecule has 1 amide bonds. The van der Waals surface area contributed by atoms with E-state index >= 15 is 0 Å². The van der Waals surface area contributed by atoms with Crippen LogP contribution in [0.25, 0.3) is 0 Å². The van der Waals surface area contributed by atoms with E-state index in [9.17, 15) is 4.79 Å². The first-order valence-electron chi connectivity index (χ1n) is 9.07. The monoisotopic (exact) mass is 356 g/mol. The highest BCUT2D eigenvalue weighted by Gasteiger charge is 2.44. The predicted octanol–water partition coefficient (Wildman–Crippen LogP) is 1.80. The molecular weight excluding hydrogens is 332 g/mol. The van der Waals surface area contributed by atoms with Crippen LogP contribution < -0.4 is 0 Å². The van der Waals surface area contributed by atoms with Crippen LogP contribution in [0.3, 0.4) is 0 Å². The van der Waals surface area contributed by atoms with Crippen LogP contribution in [-0.4, -0.2) is 57.0 Å². The number of piperidine rings is 1. The minimum Gasteiger partial charge on any atom is -0.372 e. The molecule has 0 N–H and O–H groups in total. The van der Waals surface area contributed by atoms with Gasteiger partial charge in [-0.25, -0.2) is 0 Å². The van der Waals surface area contributed by atoms with Crippen molar-refractivity contribution >= 4 is 5.91 Å². The molecule has 0 aliphatic carbocycles. The number of carbonyl (C=O) groups is 1. The number of amides is 1. The summed E-state index contributed by atoms with van der Waals surface area (Å²) < 4.78 is 13.8. The quantitative estimate of drug-likeness (QED) is 0.835. The molecule has 2 aliphatic rings. The van der Waals surface area contributed by atoms with E-state index in [-0.39, 0.29) is 17.6 Å². The highest BCUT2D eigenvalue weighted by molar-refractivity contribution is 5.92.